The van der Waals surface area contributed by atoms with E-state index in [1.807, 2.05) is 14.1 Å². The fraction of sp³-hybridized carbons (Fsp3) is 0.500. The summed E-state index contributed by atoms with van der Waals surface area (Å²) in [5, 5.41) is 11.9. The number of halogens is 1. The standard InChI is InChI=1S/C14H19FN2O2/c1-17(2)14(6-3-7-14)9-16-13(19)11-5-4-10(18)8-12(11)15/h4-5,8,18H,3,6-7,9H2,1-2H3,(H,16,19). The Bertz CT molecular complexity index is 484. The Kier molecular flexibility index (Phi) is 3.75. The molecular formula is C14H19FN2O2. The fourth-order valence-corrected chi connectivity index (χ4v) is 2.40. The number of phenolic OH excluding ortho intramolecular Hbond substituents is 1. The van der Waals surface area contributed by atoms with Crippen LogP contribution in [0.4, 0.5) is 4.39 Å². The van der Waals surface area contributed by atoms with Gasteiger partial charge in [0.25, 0.3) is 5.91 Å². The van der Waals surface area contributed by atoms with Gasteiger partial charge in [-0.1, -0.05) is 0 Å². The van der Waals surface area contributed by atoms with Crippen molar-refractivity contribution < 1.29 is 14.3 Å². The zero-order chi connectivity index (χ0) is 14.0. The summed E-state index contributed by atoms with van der Waals surface area (Å²) >= 11 is 0. The van der Waals surface area contributed by atoms with Gasteiger partial charge in [-0.15, -0.1) is 0 Å². The number of aromatic hydroxyl groups is 1. The number of carbonyl (C=O) groups excluding carboxylic acids is 1. The molecule has 0 aliphatic heterocycles. The zero-order valence-electron chi connectivity index (χ0n) is 11.2. The first-order chi connectivity index (χ1) is 8.94. The predicted octanol–water partition coefficient (Wildman–Crippen LogP) is 1.75. The van der Waals surface area contributed by atoms with E-state index in [-0.39, 0.29) is 16.9 Å². The van der Waals surface area contributed by atoms with Gasteiger partial charge in [0, 0.05) is 18.2 Å². The molecule has 1 aliphatic carbocycles. The third-order valence-electron chi connectivity index (χ3n) is 4.01. The number of carbonyl (C=O) groups is 1. The normalized spacial score (nSPS) is 17.1. The van der Waals surface area contributed by atoms with Crippen molar-refractivity contribution in [1.82, 2.24) is 10.2 Å². The summed E-state index contributed by atoms with van der Waals surface area (Å²) < 4.78 is 13.5. The van der Waals surface area contributed by atoms with Crippen LogP contribution in [-0.4, -0.2) is 42.1 Å². The van der Waals surface area contributed by atoms with E-state index < -0.39 is 11.7 Å². The second kappa shape index (κ2) is 5.17. The lowest BCUT2D eigenvalue weighted by atomic mass is 9.75. The number of benzene rings is 1. The number of nitrogens with zero attached hydrogens (tertiary/aromatic N) is 1. The Morgan fingerprint density at radius 3 is 2.63 bits per heavy atom. The number of nitrogens with one attached hydrogen (secondary N) is 1. The second-order valence-corrected chi connectivity index (χ2v) is 5.32. The summed E-state index contributed by atoms with van der Waals surface area (Å²) in [4.78, 5) is 14.0. The lowest BCUT2D eigenvalue weighted by molar-refractivity contribution is 0.0556. The largest absolute Gasteiger partial charge is 0.508 e. The third kappa shape index (κ3) is 2.71. The number of rotatable bonds is 4. The van der Waals surface area contributed by atoms with Crippen molar-refractivity contribution in [3.05, 3.63) is 29.6 Å². The summed E-state index contributed by atoms with van der Waals surface area (Å²) in [6.07, 6.45) is 3.23. The molecule has 1 fully saturated rings. The molecule has 2 rings (SSSR count). The summed E-state index contributed by atoms with van der Waals surface area (Å²) in [7, 11) is 3.99. The topological polar surface area (TPSA) is 52.6 Å². The molecule has 0 saturated heterocycles. The first kappa shape index (κ1) is 13.8. The van der Waals surface area contributed by atoms with Crippen molar-refractivity contribution >= 4 is 5.91 Å². The minimum atomic E-state index is -0.704. The Morgan fingerprint density at radius 2 is 2.16 bits per heavy atom. The molecule has 1 amide bonds. The summed E-state index contributed by atoms with van der Waals surface area (Å²) in [6.45, 7) is 0.513. The molecule has 0 unspecified atom stereocenters. The maximum Gasteiger partial charge on any atom is 0.254 e. The van der Waals surface area contributed by atoms with Gasteiger partial charge in [-0.25, -0.2) is 4.39 Å². The number of hydrogen-bond donors (Lipinski definition) is 2. The van der Waals surface area contributed by atoms with Gasteiger partial charge in [-0.2, -0.15) is 0 Å². The lowest BCUT2D eigenvalue weighted by Gasteiger charge is -2.47. The number of phenols is 1. The molecular weight excluding hydrogens is 247 g/mol. The van der Waals surface area contributed by atoms with Gasteiger partial charge in [0.15, 0.2) is 0 Å². The predicted molar refractivity (Wildman–Crippen MR) is 70.7 cm³/mol. The van der Waals surface area contributed by atoms with Crippen molar-refractivity contribution in [3.63, 3.8) is 0 Å². The fourth-order valence-electron chi connectivity index (χ4n) is 2.40. The molecule has 104 valence electrons. The van der Waals surface area contributed by atoms with Gasteiger partial charge in [0.05, 0.1) is 5.56 Å². The zero-order valence-corrected chi connectivity index (χ0v) is 11.2. The minimum Gasteiger partial charge on any atom is -0.508 e. The van der Waals surface area contributed by atoms with Gasteiger partial charge >= 0.3 is 0 Å². The number of amides is 1. The maximum atomic E-state index is 13.5. The highest BCUT2D eigenvalue weighted by Crippen LogP contribution is 2.35. The van der Waals surface area contributed by atoms with Gasteiger partial charge in [0.1, 0.15) is 11.6 Å². The molecule has 1 saturated carbocycles. The quantitative estimate of drug-likeness (QED) is 0.873. The summed E-state index contributed by atoms with van der Waals surface area (Å²) in [5.74, 6) is -1.33. The van der Waals surface area contributed by atoms with Crippen LogP contribution in [0.5, 0.6) is 5.75 Å². The van der Waals surface area contributed by atoms with Gasteiger partial charge in [0.2, 0.25) is 0 Å². The molecule has 4 nitrogen and oxygen atoms in total. The minimum absolute atomic E-state index is 0.00303. The van der Waals surface area contributed by atoms with Gasteiger partial charge in [-0.3, -0.25) is 4.79 Å². The molecule has 1 aromatic carbocycles. The van der Waals surface area contributed by atoms with Crippen LogP contribution in [0.25, 0.3) is 0 Å². The average molecular weight is 266 g/mol. The molecule has 2 N–H and O–H groups in total. The van der Waals surface area contributed by atoms with E-state index in [9.17, 15) is 9.18 Å². The molecule has 0 spiro atoms. The Labute approximate surface area is 112 Å². The van der Waals surface area contributed by atoms with Crippen LogP contribution in [0.1, 0.15) is 29.6 Å². The van der Waals surface area contributed by atoms with Crippen LogP contribution >= 0.6 is 0 Å². The summed E-state index contributed by atoms with van der Waals surface area (Å²) in [5.41, 5.74) is -0.0331. The Balaban J connectivity index is 2.01. The summed E-state index contributed by atoms with van der Waals surface area (Å²) in [6, 6.07) is 3.55. The van der Waals surface area contributed by atoms with Gasteiger partial charge in [-0.05, 0) is 45.5 Å². The molecule has 5 heteroatoms. The van der Waals surface area contributed by atoms with E-state index >= 15 is 0 Å². The van der Waals surface area contributed by atoms with E-state index in [2.05, 4.69) is 10.2 Å². The lowest BCUT2D eigenvalue weighted by Crippen LogP contribution is -2.57. The van der Waals surface area contributed by atoms with Crippen molar-refractivity contribution in [3.8, 4) is 5.75 Å². The Morgan fingerprint density at radius 1 is 1.47 bits per heavy atom. The van der Waals surface area contributed by atoms with E-state index in [4.69, 9.17) is 5.11 Å². The molecule has 0 radical (unpaired) electrons. The highest BCUT2D eigenvalue weighted by Gasteiger charge is 2.39. The highest BCUT2D eigenvalue weighted by atomic mass is 19.1. The first-order valence-electron chi connectivity index (χ1n) is 6.39. The van der Waals surface area contributed by atoms with E-state index in [1.54, 1.807) is 0 Å². The Hall–Kier alpha value is -1.62. The molecule has 1 aliphatic rings. The molecule has 0 aromatic heterocycles. The van der Waals surface area contributed by atoms with Crippen molar-refractivity contribution in [2.45, 2.75) is 24.8 Å². The molecule has 0 heterocycles. The first-order valence-corrected chi connectivity index (χ1v) is 6.39. The smallest absolute Gasteiger partial charge is 0.254 e. The average Bonchev–Trinajstić information content (AvgIpc) is 2.26. The van der Waals surface area contributed by atoms with Crippen molar-refractivity contribution in [2.75, 3.05) is 20.6 Å². The van der Waals surface area contributed by atoms with Crippen molar-refractivity contribution in [2.24, 2.45) is 0 Å². The molecule has 0 bridgehead atoms. The van der Waals surface area contributed by atoms with Crippen LogP contribution in [-0.2, 0) is 0 Å². The maximum absolute atomic E-state index is 13.5. The van der Waals surface area contributed by atoms with Crippen LogP contribution in [0.2, 0.25) is 0 Å². The van der Waals surface area contributed by atoms with Crippen LogP contribution in [0.15, 0.2) is 18.2 Å². The number of hydrogen-bond acceptors (Lipinski definition) is 3. The van der Waals surface area contributed by atoms with E-state index in [1.165, 1.54) is 12.1 Å². The van der Waals surface area contributed by atoms with E-state index in [0.29, 0.717) is 6.54 Å². The molecule has 1 aromatic rings. The molecule has 19 heavy (non-hydrogen) atoms. The van der Waals surface area contributed by atoms with Crippen LogP contribution in [0, 0.1) is 5.82 Å². The van der Waals surface area contributed by atoms with Crippen LogP contribution < -0.4 is 5.32 Å². The number of likely N-dealkylation sites (N-methyl/N-ethyl adjacent to an activating group) is 1. The second-order valence-electron chi connectivity index (χ2n) is 5.32. The monoisotopic (exact) mass is 266 g/mol. The van der Waals surface area contributed by atoms with Crippen LogP contribution in [0.3, 0.4) is 0 Å². The molecule has 0 atom stereocenters. The highest BCUT2D eigenvalue weighted by molar-refractivity contribution is 5.94. The van der Waals surface area contributed by atoms with Gasteiger partial charge < -0.3 is 15.3 Å². The SMILES string of the molecule is CN(C)C1(CNC(=O)c2ccc(O)cc2F)CCC1. The third-order valence-corrected chi connectivity index (χ3v) is 4.01. The van der Waals surface area contributed by atoms with Crippen molar-refractivity contribution in [1.29, 1.82) is 0 Å². The van der Waals surface area contributed by atoms with E-state index in [0.717, 1.165) is 25.3 Å².